The second-order valence-electron chi connectivity index (χ2n) is 6.85. The van der Waals surface area contributed by atoms with Crippen molar-refractivity contribution in [3.63, 3.8) is 0 Å². The number of halogens is 2. The van der Waals surface area contributed by atoms with Gasteiger partial charge in [-0.25, -0.2) is 4.68 Å². The average Bonchev–Trinajstić information content (AvgIpc) is 2.96. The maximum absolute atomic E-state index is 13.3. The molecule has 29 heavy (non-hydrogen) atoms. The van der Waals surface area contributed by atoms with Gasteiger partial charge in [-0.05, 0) is 32.4 Å². The number of benzene rings is 2. The molecule has 0 aliphatic rings. The van der Waals surface area contributed by atoms with Gasteiger partial charge in [-0.2, -0.15) is 5.10 Å². The molecular weight excluding hydrogens is 411 g/mol. The molecule has 0 N–H and O–H groups in total. The number of nitrogens with zero attached hydrogens (tertiary/aromatic N) is 2. The summed E-state index contributed by atoms with van der Waals surface area (Å²) in [6, 6.07) is 10.6. The van der Waals surface area contributed by atoms with E-state index in [1.807, 2.05) is 19.1 Å². The van der Waals surface area contributed by atoms with Crippen LogP contribution < -0.4 is 4.74 Å². The Bertz CT molecular complexity index is 1100. The second-order valence-corrected chi connectivity index (χ2v) is 7.63. The van der Waals surface area contributed by atoms with E-state index in [-0.39, 0.29) is 39.4 Å². The van der Waals surface area contributed by atoms with Crippen LogP contribution in [0.4, 0.5) is 0 Å². The predicted molar refractivity (Wildman–Crippen MR) is 114 cm³/mol. The van der Waals surface area contributed by atoms with Gasteiger partial charge in [0.25, 0.3) is 0 Å². The van der Waals surface area contributed by atoms with Crippen LogP contribution in [0, 0.1) is 20.8 Å². The summed E-state index contributed by atoms with van der Waals surface area (Å²) in [7, 11) is 1.65. The number of aromatic nitrogens is 2. The summed E-state index contributed by atoms with van der Waals surface area (Å²) in [5.74, 6) is -0.400. The highest BCUT2D eigenvalue weighted by atomic mass is 35.5. The molecule has 3 rings (SSSR count). The van der Waals surface area contributed by atoms with Crippen molar-refractivity contribution in [2.75, 3.05) is 6.61 Å². The van der Waals surface area contributed by atoms with E-state index < -0.39 is 5.78 Å². The van der Waals surface area contributed by atoms with Crippen molar-refractivity contribution in [1.82, 2.24) is 9.78 Å². The number of hydrogen-bond donors (Lipinski definition) is 0. The van der Waals surface area contributed by atoms with Crippen LogP contribution in [0.2, 0.25) is 10.0 Å². The first-order valence-corrected chi connectivity index (χ1v) is 9.71. The van der Waals surface area contributed by atoms with Gasteiger partial charge in [0.05, 0.1) is 21.3 Å². The molecule has 0 spiro atoms. The highest BCUT2D eigenvalue weighted by molar-refractivity contribution is 6.41. The van der Waals surface area contributed by atoms with Crippen molar-refractivity contribution in [2.45, 2.75) is 20.8 Å². The Kier molecular flexibility index (Phi) is 6.10. The third kappa shape index (κ3) is 4.21. The minimum absolute atomic E-state index is 0.194. The van der Waals surface area contributed by atoms with Crippen molar-refractivity contribution in [3.05, 3.63) is 80.0 Å². The number of aryl methyl sites for hydroxylation is 4. The first-order valence-electron chi connectivity index (χ1n) is 8.96. The largest absolute Gasteiger partial charge is 0.469 e. The summed E-state index contributed by atoms with van der Waals surface area (Å²) in [4.78, 5) is 25.7. The Morgan fingerprint density at radius 3 is 2.31 bits per heavy atom. The standard InChI is InChI=1S/C22H20Cl2N2O3/c1-12-5-8-15(9-6-12)17(27)11-29-22-18(14(3)25-26(22)4)21(28)19-16(23)10-7-13(2)20(19)24/h5-10H,11H2,1-4H3. The molecule has 0 saturated carbocycles. The zero-order valence-electron chi connectivity index (χ0n) is 16.5. The normalized spacial score (nSPS) is 10.8. The van der Waals surface area contributed by atoms with Crippen LogP contribution >= 0.6 is 23.2 Å². The van der Waals surface area contributed by atoms with Gasteiger partial charge in [-0.3, -0.25) is 9.59 Å². The smallest absolute Gasteiger partial charge is 0.223 e. The summed E-state index contributed by atoms with van der Waals surface area (Å²) in [5, 5.41) is 4.81. The van der Waals surface area contributed by atoms with Crippen LogP contribution in [-0.4, -0.2) is 28.0 Å². The molecule has 7 heteroatoms. The zero-order valence-corrected chi connectivity index (χ0v) is 18.1. The summed E-state index contributed by atoms with van der Waals surface area (Å²) in [6.45, 7) is 5.21. The summed E-state index contributed by atoms with van der Waals surface area (Å²) >= 11 is 12.6. The number of Topliss-reactive ketones (excluding diaryl/α,β-unsaturated/α-hetero) is 1. The van der Waals surface area contributed by atoms with Crippen molar-refractivity contribution in [1.29, 1.82) is 0 Å². The lowest BCUT2D eigenvalue weighted by Crippen LogP contribution is -2.15. The Labute approximate surface area is 179 Å². The number of carbonyl (C=O) groups excluding carboxylic acids is 2. The summed E-state index contributed by atoms with van der Waals surface area (Å²) < 4.78 is 7.16. The molecule has 0 fully saturated rings. The van der Waals surface area contributed by atoms with Crippen LogP contribution in [0.15, 0.2) is 36.4 Å². The van der Waals surface area contributed by atoms with E-state index in [4.69, 9.17) is 27.9 Å². The highest BCUT2D eigenvalue weighted by Crippen LogP contribution is 2.33. The minimum atomic E-state index is -0.396. The first-order chi connectivity index (χ1) is 13.7. The van der Waals surface area contributed by atoms with Crippen LogP contribution in [0.5, 0.6) is 5.88 Å². The fraction of sp³-hybridized carbons (Fsp3) is 0.227. The van der Waals surface area contributed by atoms with Gasteiger partial charge in [0.1, 0.15) is 5.56 Å². The third-order valence-electron chi connectivity index (χ3n) is 4.62. The Hall–Kier alpha value is -2.63. The topological polar surface area (TPSA) is 61.2 Å². The summed E-state index contributed by atoms with van der Waals surface area (Å²) in [6.07, 6.45) is 0. The number of ether oxygens (including phenoxy) is 1. The number of rotatable bonds is 6. The van der Waals surface area contributed by atoms with E-state index in [0.717, 1.165) is 11.1 Å². The van der Waals surface area contributed by atoms with Crippen LogP contribution in [0.3, 0.4) is 0 Å². The van der Waals surface area contributed by atoms with Crippen molar-refractivity contribution < 1.29 is 14.3 Å². The lowest BCUT2D eigenvalue weighted by atomic mass is 10.0. The molecule has 0 atom stereocenters. The lowest BCUT2D eigenvalue weighted by Gasteiger charge is -2.11. The van der Waals surface area contributed by atoms with Gasteiger partial charge in [0, 0.05) is 12.6 Å². The van der Waals surface area contributed by atoms with E-state index in [9.17, 15) is 9.59 Å². The molecule has 3 aromatic rings. The maximum atomic E-state index is 13.3. The van der Waals surface area contributed by atoms with Crippen molar-refractivity contribution in [3.8, 4) is 5.88 Å². The molecule has 5 nitrogen and oxygen atoms in total. The molecule has 0 aliphatic heterocycles. The molecular formula is C22H20Cl2N2O3. The molecule has 2 aromatic carbocycles. The van der Waals surface area contributed by atoms with Gasteiger partial charge in [-0.15, -0.1) is 0 Å². The van der Waals surface area contributed by atoms with Crippen molar-refractivity contribution in [2.24, 2.45) is 7.05 Å². The van der Waals surface area contributed by atoms with E-state index in [1.54, 1.807) is 45.2 Å². The number of carbonyl (C=O) groups is 2. The molecule has 0 aliphatic carbocycles. The quantitative estimate of drug-likeness (QED) is 0.507. The van der Waals surface area contributed by atoms with Gasteiger partial charge in [-0.1, -0.05) is 59.1 Å². The molecule has 1 aromatic heterocycles. The highest BCUT2D eigenvalue weighted by Gasteiger charge is 2.27. The van der Waals surface area contributed by atoms with E-state index in [0.29, 0.717) is 11.3 Å². The maximum Gasteiger partial charge on any atom is 0.223 e. The molecule has 0 bridgehead atoms. The monoisotopic (exact) mass is 430 g/mol. The molecule has 1 heterocycles. The van der Waals surface area contributed by atoms with Gasteiger partial charge < -0.3 is 4.74 Å². The van der Waals surface area contributed by atoms with Gasteiger partial charge in [0.2, 0.25) is 11.7 Å². The van der Waals surface area contributed by atoms with Gasteiger partial charge in [0.15, 0.2) is 12.4 Å². The Morgan fingerprint density at radius 1 is 1.00 bits per heavy atom. The van der Waals surface area contributed by atoms with Gasteiger partial charge >= 0.3 is 0 Å². The molecule has 0 saturated heterocycles. The predicted octanol–water partition coefficient (Wildman–Crippen LogP) is 5.14. The van der Waals surface area contributed by atoms with Crippen LogP contribution in [0.25, 0.3) is 0 Å². The van der Waals surface area contributed by atoms with E-state index in [1.165, 1.54) is 4.68 Å². The first kappa shape index (κ1) is 21.1. The number of ketones is 2. The van der Waals surface area contributed by atoms with Crippen LogP contribution in [0.1, 0.15) is 43.1 Å². The molecule has 0 radical (unpaired) electrons. The minimum Gasteiger partial charge on any atom is -0.469 e. The second kappa shape index (κ2) is 8.39. The summed E-state index contributed by atoms with van der Waals surface area (Å²) in [5.41, 5.74) is 3.22. The van der Waals surface area contributed by atoms with E-state index >= 15 is 0 Å². The SMILES string of the molecule is Cc1ccc(C(=O)COc2c(C(=O)c3c(Cl)ccc(C)c3Cl)c(C)nn2C)cc1. The fourth-order valence-electron chi connectivity index (χ4n) is 3.01. The zero-order chi connectivity index (χ0) is 21.3. The molecule has 150 valence electrons. The third-order valence-corrected chi connectivity index (χ3v) is 5.42. The number of hydrogen-bond acceptors (Lipinski definition) is 4. The molecule has 0 unspecified atom stereocenters. The molecule has 0 amide bonds. The lowest BCUT2D eigenvalue weighted by molar-refractivity contribution is 0.0908. The Balaban J connectivity index is 1.93. The van der Waals surface area contributed by atoms with Crippen molar-refractivity contribution >= 4 is 34.8 Å². The van der Waals surface area contributed by atoms with Crippen LogP contribution in [-0.2, 0) is 7.05 Å². The van der Waals surface area contributed by atoms with E-state index in [2.05, 4.69) is 5.10 Å². The fourth-order valence-corrected chi connectivity index (χ4v) is 3.55. The Morgan fingerprint density at radius 2 is 1.66 bits per heavy atom. The average molecular weight is 431 g/mol.